The van der Waals surface area contributed by atoms with Gasteiger partial charge >= 0.3 is 0 Å². The van der Waals surface area contributed by atoms with Gasteiger partial charge in [-0.15, -0.1) is 0 Å². The molecule has 0 bridgehead atoms. The minimum atomic E-state index is 0.173. The number of alkyl halides is 1. The van der Waals surface area contributed by atoms with E-state index in [1.807, 2.05) is 0 Å². The zero-order valence-corrected chi connectivity index (χ0v) is 13.4. The maximum absolute atomic E-state index is 12.9. The van der Waals surface area contributed by atoms with Gasteiger partial charge in [-0.2, -0.15) is 0 Å². The van der Waals surface area contributed by atoms with Gasteiger partial charge in [0.05, 0.1) is 0 Å². The van der Waals surface area contributed by atoms with Gasteiger partial charge in [0.15, 0.2) is 0 Å². The van der Waals surface area contributed by atoms with Gasteiger partial charge in [0.1, 0.15) is 0 Å². The van der Waals surface area contributed by atoms with Gasteiger partial charge in [-0.1, -0.05) is 53.0 Å². The third-order valence-corrected chi connectivity index (χ3v) is 5.13. The molecule has 1 amide bonds. The normalized spacial score (nSPS) is 19.2. The van der Waals surface area contributed by atoms with Crippen molar-refractivity contribution in [1.82, 2.24) is 4.90 Å². The third-order valence-electron chi connectivity index (χ3n) is 4.77. The molecule has 0 unspecified atom stereocenters. The van der Waals surface area contributed by atoms with E-state index in [4.69, 9.17) is 0 Å². The Morgan fingerprint density at radius 1 is 1.15 bits per heavy atom. The average Bonchev–Trinajstić information content (AvgIpc) is 3.12. The quantitative estimate of drug-likeness (QED) is 0.770. The van der Waals surface area contributed by atoms with E-state index in [1.54, 1.807) is 0 Å². The Bertz CT molecular complexity index is 457. The highest BCUT2D eigenvalue weighted by Gasteiger charge is 2.34. The summed E-state index contributed by atoms with van der Waals surface area (Å²) in [5, 5.41) is 0.884. The average molecular weight is 336 g/mol. The molecule has 108 valence electrons. The van der Waals surface area contributed by atoms with Crippen LogP contribution in [0.1, 0.15) is 36.8 Å². The van der Waals surface area contributed by atoms with Gasteiger partial charge in [-0.05, 0) is 36.8 Å². The first-order valence-corrected chi connectivity index (χ1v) is 8.85. The molecule has 2 aliphatic carbocycles. The number of amides is 1. The summed E-state index contributed by atoms with van der Waals surface area (Å²) in [5.74, 6) is 0.555. The number of carbonyl (C=O) groups is 1. The molecular weight excluding hydrogens is 314 g/mol. The second-order valence-electron chi connectivity index (χ2n) is 6.03. The van der Waals surface area contributed by atoms with Gasteiger partial charge in [-0.25, -0.2) is 0 Å². The van der Waals surface area contributed by atoms with Crippen LogP contribution < -0.4 is 0 Å². The highest BCUT2D eigenvalue weighted by molar-refractivity contribution is 9.09. The zero-order valence-electron chi connectivity index (χ0n) is 11.9. The van der Waals surface area contributed by atoms with Crippen molar-refractivity contribution in [2.24, 2.45) is 5.92 Å². The first-order chi connectivity index (χ1) is 9.79. The van der Waals surface area contributed by atoms with Crippen molar-refractivity contribution in [3.63, 3.8) is 0 Å². The maximum atomic E-state index is 12.9. The molecule has 0 spiro atoms. The summed E-state index contributed by atoms with van der Waals surface area (Å²) in [4.78, 5) is 15.1. The molecule has 1 aromatic rings. The molecule has 0 radical (unpaired) electrons. The van der Waals surface area contributed by atoms with Crippen molar-refractivity contribution in [2.75, 3.05) is 11.9 Å². The number of nitrogens with zero attached hydrogens (tertiary/aromatic N) is 1. The fraction of sp³-hybridized carbons (Fsp3) is 0.588. The Hall–Kier alpha value is -0.830. The molecule has 0 saturated heterocycles. The van der Waals surface area contributed by atoms with Crippen molar-refractivity contribution in [2.45, 2.75) is 44.6 Å². The molecule has 1 aromatic carbocycles. The van der Waals surface area contributed by atoms with E-state index >= 15 is 0 Å². The van der Waals surface area contributed by atoms with Crippen LogP contribution in [0, 0.1) is 5.92 Å². The molecule has 0 aliphatic heterocycles. The van der Waals surface area contributed by atoms with Crippen LogP contribution in [0.15, 0.2) is 24.3 Å². The first kappa shape index (κ1) is 14.1. The second-order valence-corrected chi connectivity index (χ2v) is 6.83. The number of rotatable bonds is 4. The van der Waals surface area contributed by atoms with Crippen molar-refractivity contribution in [1.29, 1.82) is 0 Å². The summed E-state index contributed by atoms with van der Waals surface area (Å²) in [5.41, 5.74) is 2.74. The van der Waals surface area contributed by atoms with Gasteiger partial charge < -0.3 is 4.90 Å². The Kier molecular flexibility index (Phi) is 4.45. The fourth-order valence-corrected chi connectivity index (χ4v) is 4.13. The predicted molar refractivity (Wildman–Crippen MR) is 85.1 cm³/mol. The SMILES string of the molecule is O=C(C1Cc2ccccc2C1)N(CCBr)C1CCCC1. The number of fused-ring (bicyclic) bond motifs is 1. The number of benzene rings is 1. The molecule has 0 heterocycles. The van der Waals surface area contributed by atoms with Crippen molar-refractivity contribution >= 4 is 21.8 Å². The summed E-state index contributed by atoms with van der Waals surface area (Å²) in [7, 11) is 0. The molecule has 0 atom stereocenters. The van der Waals surface area contributed by atoms with Gasteiger partial charge in [-0.3, -0.25) is 4.79 Å². The molecule has 1 saturated carbocycles. The number of hydrogen-bond acceptors (Lipinski definition) is 1. The Balaban J connectivity index is 1.71. The number of halogens is 1. The summed E-state index contributed by atoms with van der Waals surface area (Å²) < 4.78 is 0. The Labute approximate surface area is 129 Å². The van der Waals surface area contributed by atoms with E-state index < -0.39 is 0 Å². The molecule has 2 nitrogen and oxygen atoms in total. The highest BCUT2D eigenvalue weighted by Crippen LogP contribution is 2.31. The van der Waals surface area contributed by atoms with Crippen LogP contribution in [-0.4, -0.2) is 28.7 Å². The van der Waals surface area contributed by atoms with E-state index in [-0.39, 0.29) is 5.92 Å². The largest absolute Gasteiger partial charge is 0.339 e. The summed E-state index contributed by atoms with van der Waals surface area (Å²) in [6.45, 7) is 0.857. The van der Waals surface area contributed by atoms with E-state index in [0.717, 1.165) is 24.7 Å². The summed E-state index contributed by atoms with van der Waals surface area (Å²) >= 11 is 3.51. The third kappa shape index (κ3) is 2.78. The smallest absolute Gasteiger partial charge is 0.226 e. The highest BCUT2D eigenvalue weighted by atomic mass is 79.9. The van der Waals surface area contributed by atoms with Gasteiger partial charge in [0, 0.05) is 23.8 Å². The predicted octanol–water partition coefficient (Wildman–Crippen LogP) is 3.57. The molecule has 3 rings (SSSR count). The maximum Gasteiger partial charge on any atom is 0.226 e. The van der Waals surface area contributed by atoms with Crippen molar-refractivity contribution < 1.29 is 4.79 Å². The van der Waals surface area contributed by atoms with Crippen LogP contribution in [-0.2, 0) is 17.6 Å². The zero-order chi connectivity index (χ0) is 13.9. The van der Waals surface area contributed by atoms with Crippen LogP contribution in [0.25, 0.3) is 0 Å². The minimum Gasteiger partial charge on any atom is -0.339 e. The van der Waals surface area contributed by atoms with E-state index in [2.05, 4.69) is 45.1 Å². The van der Waals surface area contributed by atoms with Crippen LogP contribution in [0.5, 0.6) is 0 Å². The summed E-state index contributed by atoms with van der Waals surface area (Å²) in [6.07, 6.45) is 6.81. The van der Waals surface area contributed by atoms with Crippen LogP contribution >= 0.6 is 15.9 Å². The molecule has 2 aliphatic rings. The van der Waals surface area contributed by atoms with Gasteiger partial charge in [0.2, 0.25) is 5.91 Å². The molecule has 0 N–H and O–H groups in total. The van der Waals surface area contributed by atoms with Crippen LogP contribution in [0.2, 0.25) is 0 Å². The Morgan fingerprint density at radius 2 is 1.75 bits per heavy atom. The fourth-order valence-electron chi connectivity index (χ4n) is 3.75. The first-order valence-electron chi connectivity index (χ1n) is 7.73. The van der Waals surface area contributed by atoms with Gasteiger partial charge in [0.25, 0.3) is 0 Å². The van der Waals surface area contributed by atoms with Crippen LogP contribution in [0.4, 0.5) is 0 Å². The lowest BCUT2D eigenvalue weighted by Gasteiger charge is -2.30. The molecule has 3 heteroatoms. The topological polar surface area (TPSA) is 20.3 Å². The number of carbonyl (C=O) groups excluding carboxylic acids is 1. The van der Waals surface area contributed by atoms with Crippen molar-refractivity contribution in [3.8, 4) is 0 Å². The minimum absolute atomic E-state index is 0.173. The van der Waals surface area contributed by atoms with E-state index in [1.165, 1.54) is 36.8 Å². The van der Waals surface area contributed by atoms with E-state index in [0.29, 0.717) is 11.9 Å². The van der Waals surface area contributed by atoms with E-state index in [9.17, 15) is 4.79 Å². The lowest BCUT2D eigenvalue weighted by molar-refractivity contribution is -0.137. The molecule has 1 fully saturated rings. The second kappa shape index (κ2) is 6.30. The lowest BCUT2D eigenvalue weighted by Crippen LogP contribution is -2.43. The molecule has 20 heavy (non-hydrogen) atoms. The molecule has 0 aromatic heterocycles. The van der Waals surface area contributed by atoms with Crippen LogP contribution in [0.3, 0.4) is 0 Å². The monoisotopic (exact) mass is 335 g/mol. The lowest BCUT2D eigenvalue weighted by atomic mass is 10.0. The summed E-state index contributed by atoms with van der Waals surface area (Å²) in [6, 6.07) is 9.00. The van der Waals surface area contributed by atoms with Crippen molar-refractivity contribution in [3.05, 3.63) is 35.4 Å². The Morgan fingerprint density at radius 3 is 2.30 bits per heavy atom. The number of hydrogen-bond donors (Lipinski definition) is 0. The molecular formula is C17H22BrNO. The standard InChI is InChI=1S/C17H22BrNO/c18-9-10-19(16-7-3-4-8-16)17(20)15-11-13-5-1-2-6-14(13)12-15/h1-2,5-6,15-16H,3-4,7-12H2.